The van der Waals surface area contributed by atoms with Gasteiger partial charge >= 0.3 is 0 Å². The van der Waals surface area contributed by atoms with E-state index >= 15 is 0 Å². The molecule has 0 aliphatic carbocycles. The highest BCUT2D eigenvalue weighted by molar-refractivity contribution is 5.35. The molecular weight excluding hydrogens is 302 g/mol. The lowest BCUT2D eigenvalue weighted by Gasteiger charge is -1.83. The van der Waals surface area contributed by atoms with Crippen molar-refractivity contribution in [1.82, 2.24) is 0 Å². The van der Waals surface area contributed by atoms with Crippen LogP contribution in [0.25, 0.3) is 0 Å². The summed E-state index contributed by atoms with van der Waals surface area (Å²) in [7, 11) is 0. The minimum Gasteiger partial charge on any atom is -0.399 e. The fourth-order valence-corrected chi connectivity index (χ4v) is 1.69. The molecule has 25 heavy (non-hydrogen) atoms. The van der Waals surface area contributed by atoms with Crippen molar-refractivity contribution in [3.05, 3.63) is 66.2 Å². The second-order valence-corrected chi connectivity index (χ2v) is 5.77. The number of anilines is 1. The molecule has 0 bridgehead atoms. The highest BCUT2D eigenvalue weighted by Gasteiger charge is 1.73. The van der Waals surface area contributed by atoms with E-state index in [9.17, 15) is 0 Å². The molecule has 0 amide bonds. The number of hydrogen-bond acceptors (Lipinski definition) is 1. The molecule has 2 aromatic carbocycles. The average molecular weight is 346 g/mol. The number of rotatable bonds is 4. The SMILES string of the molecule is C.CCCCC.CCCCC.Cc1ccccc1.Nc1ccccc1. The van der Waals surface area contributed by atoms with Crippen LogP contribution in [0, 0.1) is 6.92 Å². The monoisotopic (exact) mass is 345 g/mol. The Bertz CT molecular complexity index is 375. The first-order chi connectivity index (χ1) is 11.6. The van der Waals surface area contributed by atoms with Crippen molar-refractivity contribution in [1.29, 1.82) is 0 Å². The lowest BCUT2D eigenvalue weighted by atomic mass is 10.2. The van der Waals surface area contributed by atoms with Crippen molar-refractivity contribution in [2.45, 2.75) is 80.6 Å². The Hall–Kier alpha value is -1.76. The van der Waals surface area contributed by atoms with Crippen molar-refractivity contribution in [2.75, 3.05) is 5.73 Å². The number of hydrogen-bond donors (Lipinski definition) is 1. The van der Waals surface area contributed by atoms with Crippen LogP contribution in [0.5, 0.6) is 0 Å². The molecule has 0 aliphatic heterocycles. The smallest absolute Gasteiger partial charge is 0.0313 e. The van der Waals surface area contributed by atoms with Crippen LogP contribution in [0.3, 0.4) is 0 Å². The van der Waals surface area contributed by atoms with Gasteiger partial charge in [-0.2, -0.15) is 0 Å². The predicted octanol–water partition coefficient (Wildman–Crippen LogP) is 8.29. The highest BCUT2D eigenvalue weighted by Crippen LogP contribution is 1.96. The zero-order chi connectivity index (χ0) is 18.5. The molecule has 0 aliphatic rings. The van der Waals surface area contributed by atoms with E-state index in [0.29, 0.717) is 0 Å². The van der Waals surface area contributed by atoms with Gasteiger partial charge < -0.3 is 5.73 Å². The Balaban J connectivity index is -0.000000259. The van der Waals surface area contributed by atoms with Crippen LogP contribution in [0.2, 0.25) is 0 Å². The number of para-hydroxylation sites is 1. The fraction of sp³-hybridized carbons (Fsp3) is 0.500. The molecule has 0 spiro atoms. The highest BCUT2D eigenvalue weighted by atomic mass is 14.5. The molecule has 1 heteroatoms. The quantitative estimate of drug-likeness (QED) is 0.554. The molecule has 0 aromatic heterocycles. The van der Waals surface area contributed by atoms with Crippen molar-refractivity contribution < 1.29 is 0 Å². The zero-order valence-electron chi connectivity index (χ0n) is 16.6. The van der Waals surface area contributed by atoms with Crippen molar-refractivity contribution >= 4 is 5.69 Å². The van der Waals surface area contributed by atoms with Crippen LogP contribution in [-0.4, -0.2) is 0 Å². The summed E-state index contributed by atoms with van der Waals surface area (Å²) in [5.41, 5.74) is 7.50. The Morgan fingerprint density at radius 3 is 1.04 bits per heavy atom. The lowest BCUT2D eigenvalue weighted by Crippen LogP contribution is -1.79. The summed E-state index contributed by atoms with van der Waals surface area (Å²) in [6.07, 6.45) is 8.15. The van der Waals surface area contributed by atoms with Crippen LogP contribution >= 0.6 is 0 Å². The van der Waals surface area contributed by atoms with Crippen molar-refractivity contribution in [2.24, 2.45) is 0 Å². The third kappa shape index (κ3) is 27.4. The van der Waals surface area contributed by atoms with Gasteiger partial charge in [0.1, 0.15) is 0 Å². The van der Waals surface area contributed by atoms with Crippen LogP contribution in [0.4, 0.5) is 5.69 Å². The summed E-state index contributed by atoms with van der Waals surface area (Å²) in [5.74, 6) is 0. The van der Waals surface area contributed by atoms with E-state index in [4.69, 9.17) is 5.73 Å². The molecule has 0 unspecified atom stereocenters. The maximum atomic E-state index is 5.36. The van der Waals surface area contributed by atoms with Crippen molar-refractivity contribution in [3.8, 4) is 0 Å². The van der Waals surface area contributed by atoms with E-state index < -0.39 is 0 Å². The number of benzene rings is 2. The summed E-state index contributed by atoms with van der Waals surface area (Å²) in [6.45, 7) is 10.9. The van der Waals surface area contributed by atoms with E-state index in [2.05, 4.69) is 46.8 Å². The maximum Gasteiger partial charge on any atom is 0.0313 e. The first kappa shape index (κ1) is 28.1. The molecule has 0 saturated heterocycles. The van der Waals surface area contributed by atoms with Crippen LogP contribution < -0.4 is 5.73 Å². The molecule has 2 aromatic rings. The summed E-state index contributed by atoms with van der Waals surface area (Å²) >= 11 is 0. The summed E-state index contributed by atoms with van der Waals surface area (Å²) in [4.78, 5) is 0. The molecule has 2 N–H and O–H groups in total. The van der Waals surface area contributed by atoms with E-state index in [1.807, 2.05) is 48.5 Å². The van der Waals surface area contributed by atoms with Crippen LogP contribution in [0.1, 0.15) is 79.2 Å². The Labute approximate surface area is 158 Å². The topological polar surface area (TPSA) is 26.0 Å². The van der Waals surface area contributed by atoms with Gasteiger partial charge in [0, 0.05) is 5.69 Å². The van der Waals surface area contributed by atoms with E-state index in [-0.39, 0.29) is 7.43 Å². The standard InChI is InChI=1S/C7H8.C6H7N.2C5H12.CH4/c1-7-5-3-2-4-6-7;7-6-4-2-1-3-5-6;2*1-3-5-4-2;/h2-6H,1H3;1-5H,7H2;2*3-5H2,1-2H3;1H4. The van der Waals surface area contributed by atoms with Gasteiger partial charge in [0.25, 0.3) is 0 Å². The summed E-state index contributed by atoms with van der Waals surface area (Å²) in [6, 6.07) is 19.7. The molecule has 0 atom stereocenters. The largest absolute Gasteiger partial charge is 0.399 e. The third-order valence-corrected chi connectivity index (χ3v) is 3.15. The second-order valence-electron chi connectivity index (χ2n) is 5.77. The van der Waals surface area contributed by atoms with Crippen LogP contribution in [0.15, 0.2) is 60.7 Å². The Morgan fingerprint density at radius 2 is 0.920 bits per heavy atom. The Morgan fingerprint density at radius 1 is 0.600 bits per heavy atom. The molecular formula is C24H43N. The molecule has 1 nitrogen and oxygen atoms in total. The van der Waals surface area contributed by atoms with Gasteiger partial charge in [-0.3, -0.25) is 0 Å². The summed E-state index contributed by atoms with van der Waals surface area (Å²) < 4.78 is 0. The van der Waals surface area contributed by atoms with Gasteiger partial charge in [0.15, 0.2) is 0 Å². The lowest BCUT2D eigenvalue weighted by molar-refractivity contribution is 0.772. The normalized spacial score (nSPS) is 8.20. The number of nitrogen functional groups attached to an aromatic ring is 1. The molecule has 0 radical (unpaired) electrons. The van der Waals surface area contributed by atoms with Gasteiger partial charge in [-0.15, -0.1) is 0 Å². The van der Waals surface area contributed by atoms with Gasteiger partial charge in [-0.25, -0.2) is 0 Å². The number of nitrogens with two attached hydrogens (primary N) is 1. The average Bonchev–Trinajstić information content (AvgIpc) is 2.59. The fourth-order valence-electron chi connectivity index (χ4n) is 1.69. The minimum atomic E-state index is 0. The van der Waals surface area contributed by atoms with Crippen LogP contribution in [-0.2, 0) is 0 Å². The molecule has 144 valence electrons. The van der Waals surface area contributed by atoms with Gasteiger partial charge in [-0.1, -0.05) is 128 Å². The van der Waals surface area contributed by atoms with E-state index in [0.717, 1.165) is 5.69 Å². The first-order valence-corrected chi connectivity index (χ1v) is 9.44. The zero-order valence-corrected chi connectivity index (χ0v) is 16.6. The molecule has 0 fully saturated rings. The first-order valence-electron chi connectivity index (χ1n) is 9.44. The molecule has 0 heterocycles. The number of aryl methyl sites for hydroxylation is 1. The molecule has 2 rings (SSSR count). The number of unbranched alkanes of at least 4 members (excludes halogenated alkanes) is 4. The molecule has 0 saturated carbocycles. The third-order valence-electron chi connectivity index (χ3n) is 3.15. The van der Waals surface area contributed by atoms with Crippen molar-refractivity contribution in [3.63, 3.8) is 0 Å². The minimum absolute atomic E-state index is 0. The van der Waals surface area contributed by atoms with Gasteiger partial charge in [0.05, 0.1) is 0 Å². The Kier molecular flexibility index (Phi) is 27.5. The van der Waals surface area contributed by atoms with E-state index in [1.54, 1.807) is 0 Å². The van der Waals surface area contributed by atoms with Gasteiger partial charge in [0.2, 0.25) is 0 Å². The maximum absolute atomic E-state index is 5.36. The van der Waals surface area contributed by atoms with Gasteiger partial charge in [-0.05, 0) is 19.1 Å². The summed E-state index contributed by atoms with van der Waals surface area (Å²) in [5, 5.41) is 0. The second kappa shape index (κ2) is 24.5. The predicted molar refractivity (Wildman–Crippen MR) is 119 cm³/mol. The van der Waals surface area contributed by atoms with E-state index in [1.165, 1.54) is 44.1 Å².